The molecule has 0 saturated carbocycles. The number of aromatic nitrogens is 2. The van der Waals surface area contributed by atoms with Crippen molar-refractivity contribution in [3.8, 4) is 5.69 Å². The summed E-state index contributed by atoms with van der Waals surface area (Å²) in [6.45, 7) is 0. The van der Waals surface area contributed by atoms with Gasteiger partial charge in [-0.3, -0.25) is 4.79 Å². The molecule has 3 aromatic carbocycles. The molecule has 1 heterocycles. The van der Waals surface area contributed by atoms with Crippen LogP contribution in [0, 0.1) is 3.95 Å². The van der Waals surface area contributed by atoms with Crippen LogP contribution in [0.4, 0.5) is 5.69 Å². The summed E-state index contributed by atoms with van der Waals surface area (Å²) in [5, 5.41) is 8.86. The first-order valence-corrected chi connectivity index (χ1v) is 13.1. The van der Waals surface area contributed by atoms with Gasteiger partial charge in [-0.15, -0.1) is 5.10 Å². The first-order chi connectivity index (χ1) is 15.5. The van der Waals surface area contributed by atoms with E-state index in [-0.39, 0.29) is 11.7 Å². The Morgan fingerprint density at radius 2 is 1.66 bits per heavy atom. The number of hydrogen-bond donors (Lipinski definition) is 1. The number of thioether (sulfide) groups is 1. The molecule has 0 spiro atoms. The van der Waals surface area contributed by atoms with Gasteiger partial charge < -0.3 is 5.32 Å². The van der Waals surface area contributed by atoms with Crippen LogP contribution >= 0.6 is 70.3 Å². The SMILES string of the molecule is O=C(CSc1nn(-c2ccc(Cl)cc2)c(=S)s1)Nc1ccccc1Sc1ccc(Cl)cc1. The lowest BCUT2D eigenvalue weighted by Crippen LogP contribution is -2.14. The minimum absolute atomic E-state index is 0.113. The summed E-state index contributed by atoms with van der Waals surface area (Å²) >= 11 is 21.6. The van der Waals surface area contributed by atoms with Crippen LogP contribution < -0.4 is 5.32 Å². The number of para-hydroxylation sites is 1. The van der Waals surface area contributed by atoms with Crippen LogP contribution in [-0.2, 0) is 4.79 Å². The second kappa shape index (κ2) is 10.9. The van der Waals surface area contributed by atoms with Crippen molar-refractivity contribution >= 4 is 81.9 Å². The van der Waals surface area contributed by atoms with Crippen LogP contribution in [0.2, 0.25) is 10.0 Å². The Morgan fingerprint density at radius 3 is 2.38 bits per heavy atom. The Hall–Kier alpha value is -1.81. The molecule has 0 fully saturated rings. The maximum absolute atomic E-state index is 12.6. The molecule has 0 aliphatic rings. The number of hydrogen-bond acceptors (Lipinski definition) is 6. The smallest absolute Gasteiger partial charge is 0.234 e. The number of benzene rings is 3. The summed E-state index contributed by atoms with van der Waals surface area (Å²) in [5.74, 6) is 0.112. The second-order valence-electron chi connectivity index (χ2n) is 6.41. The molecule has 4 nitrogen and oxygen atoms in total. The number of nitrogens with zero attached hydrogens (tertiary/aromatic N) is 2. The van der Waals surface area contributed by atoms with Gasteiger partial charge >= 0.3 is 0 Å². The van der Waals surface area contributed by atoms with Crippen molar-refractivity contribution in [1.29, 1.82) is 0 Å². The highest BCUT2D eigenvalue weighted by atomic mass is 35.5. The van der Waals surface area contributed by atoms with Gasteiger partial charge in [-0.05, 0) is 72.9 Å². The quantitative estimate of drug-likeness (QED) is 0.193. The second-order valence-corrected chi connectivity index (χ2v) is 11.2. The minimum atomic E-state index is -0.113. The van der Waals surface area contributed by atoms with Crippen molar-refractivity contribution in [1.82, 2.24) is 9.78 Å². The van der Waals surface area contributed by atoms with Crippen molar-refractivity contribution in [2.24, 2.45) is 0 Å². The van der Waals surface area contributed by atoms with E-state index >= 15 is 0 Å². The molecule has 1 amide bonds. The topological polar surface area (TPSA) is 46.9 Å². The summed E-state index contributed by atoms with van der Waals surface area (Å²) in [6, 6.07) is 22.6. The highest BCUT2D eigenvalue weighted by Crippen LogP contribution is 2.34. The zero-order valence-electron chi connectivity index (χ0n) is 16.3. The standard InChI is InChI=1S/C22H15Cl2N3OS4/c23-14-5-9-16(10-6-14)27-22(29)32-21(26-27)30-13-20(28)25-18-3-1-2-4-19(18)31-17-11-7-15(24)8-12-17/h1-12H,13H2,(H,25,28). The number of nitrogens with one attached hydrogen (secondary N) is 1. The third-order valence-electron chi connectivity index (χ3n) is 4.13. The fourth-order valence-electron chi connectivity index (χ4n) is 2.67. The van der Waals surface area contributed by atoms with Gasteiger partial charge in [0.15, 0.2) is 8.29 Å². The zero-order chi connectivity index (χ0) is 22.5. The highest BCUT2D eigenvalue weighted by Gasteiger charge is 2.12. The van der Waals surface area contributed by atoms with Gasteiger partial charge in [0.25, 0.3) is 0 Å². The first-order valence-electron chi connectivity index (χ1n) is 9.29. The fourth-order valence-corrected chi connectivity index (χ4v) is 5.98. The number of carbonyl (C=O) groups excluding carboxylic acids is 1. The average Bonchev–Trinajstić information content (AvgIpc) is 3.16. The van der Waals surface area contributed by atoms with Crippen LogP contribution in [0.15, 0.2) is 86.9 Å². The van der Waals surface area contributed by atoms with Gasteiger partial charge in [0, 0.05) is 19.8 Å². The summed E-state index contributed by atoms with van der Waals surface area (Å²) < 4.78 is 3.01. The lowest BCUT2D eigenvalue weighted by Gasteiger charge is -2.10. The Labute approximate surface area is 213 Å². The van der Waals surface area contributed by atoms with E-state index in [1.165, 1.54) is 23.1 Å². The third kappa shape index (κ3) is 6.15. The molecule has 32 heavy (non-hydrogen) atoms. The molecule has 1 N–H and O–H groups in total. The predicted octanol–water partition coefficient (Wildman–Crippen LogP) is 7.85. The van der Waals surface area contributed by atoms with Crippen molar-refractivity contribution < 1.29 is 4.79 Å². The van der Waals surface area contributed by atoms with Gasteiger partial charge in [0.1, 0.15) is 0 Å². The molecule has 0 aliphatic heterocycles. The van der Waals surface area contributed by atoms with Crippen LogP contribution in [-0.4, -0.2) is 21.4 Å². The normalized spacial score (nSPS) is 10.8. The lowest BCUT2D eigenvalue weighted by atomic mass is 10.3. The van der Waals surface area contributed by atoms with Gasteiger partial charge in [0.05, 0.1) is 17.1 Å². The molecule has 162 valence electrons. The highest BCUT2D eigenvalue weighted by molar-refractivity contribution is 8.01. The molecular weight excluding hydrogens is 521 g/mol. The number of carbonyl (C=O) groups is 1. The van der Waals surface area contributed by atoms with Crippen molar-refractivity contribution in [3.05, 3.63) is 86.8 Å². The predicted molar refractivity (Wildman–Crippen MR) is 139 cm³/mol. The van der Waals surface area contributed by atoms with Crippen molar-refractivity contribution in [2.75, 3.05) is 11.1 Å². The zero-order valence-corrected chi connectivity index (χ0v) is 21.1. The number of anilines is 1. The fraction of sp³-hybridized carbons (Fsp3) is 0.0455. The Balaban J connectivity index is 1.40. The van der Waals surface area contributed by atoms with Gasteiger partial charge in [-0.25, -0.2) is 4.68 Å². The molecular formula is C22H15Cl2N3OS4. The van der Waals surface area contributed by atoms with E-state index in [4.69, 9.17) is 35.4 Å². The van der Waals surface area contributed by atoms with Crippen LogP contribution in [0.1, 0.15) is 0 Å². The van der Waals surface area contributed by atoms with E-state index in [0.717, 1.165) is 25.5 Å². The maximum Gasteiger partial charge on any atom is 0.234 e. The molecule has 0 aliphatic carbocycles. The molecule has 0 unspecified atom stereocenters. The Kier molecular flexibility index (Phi) is 7.93. The van der Waals surface area contributed by atoms with Gasteiger partial charge in [-0.2, -0.15) is 0 Å². The van der Waals surface area contributed by atoms with E-state index < -0.39 is 0 Å². The molecule has 0 saturated heterocycles. The summed E-state index contributed by atoms with van der Waals surface area (Å²) in [7, 11) is 0. The summed E-state index contributed by atoms with van der Waals surface area (Å²) in [4.78, 5) is 14.6. The van der Waals surface area contributed by atoms with Gasteiger partial charge in [-0.1, -0.05) is 70.2 Å². The average molecular weight is 537 g/mol. The van der Waals surface area contributed by atoms with Crippen LogP contribution in [0.3, 0.4) is 0 Å². The lowest BCUT2D eigenvalue weighted by molar-refractivity contribution is -0.113. The van der Waals surface area contributed by atoms with E-state index in [1.54, 1.807) is 28.6 Å². The number of halogens is 2. The molecule has 0 radical (unpaired) electrons. The molecule has 1 aromatic heterocycles. The van der Waals surface area contributed by atoms with E-state index in [1.807, 2.05) is 60.7 Å². The Bertz CT molecular complexity index is 1290. The third-order valence-corrected chi connectivity index (χ3v) is 8.08. The number of rotatable bonds is 7. The Morgan fingerprint density at radius 1 is 1.00 bits per heavy atom. The van der Waals surface area contributed by atoms with Crippen LogP contribution in [0.25, 0.3) is 5.69 Å². The molecule has 4 rings (SSSR count). The number of amides is 1. The van der Waals surface area contributed by atoms with Gasteiger partial charge in [0.2, 0.25) is 5.91 Å². The first kappa shape index (κ1) is 23.4. The summed E-state index contributed by atoms with van der Waals surface area (Å²) in [5.41, 5.74) is 1.59. The van der Waals surface area contributed by atoms with Crippen molar-refractivity contribution in [2.45, 2.75) is 14.1 Å². The molecule has 4 aromatic rings. The molecule has 0 atom stereocenters. The van der Waals surface area contributed by atoms with E-state index in [9.17, 15) is 4.79 Å². The molecule has 0 bridgehead atoms. The van der Waals surface area contributed by atoms with E-state index in [2.05, 4.69) is 10.4 Å². The maximum atomic E-state index is 12.6. The van der Waals surface area contributed by atoms with Crippen LogP contribution in [0.5, 0.6) is 0 Å². The summed E-state index contributed by atoms with van der Waals surface area (Å²) in [6.07, 6.45) is 0. The minimum Gasteiger partial charge on any atom is -0.324 e. The monoisotopic (exact) mass is 535 g/mol. The van der Waals surface area contributed by atoms with Crippen molar-refractivity contribution in [3.63, 3.8) is 0 Å². The van der Waals surface area contributed by atoms with E-state index in [0.29, 0.717) is 14.0 Å². The largest absolute Gasteiger partial charge is 0.324 e. The molecule has 10 heteroatoms.